The lowest BCUT2D eigenvalue weighted by molar-refractivity contribution is -0.139. The van der Waals surface area contributed by atoms with E-state index >= 15 is 0 Å². The normalized spacial score (nSPS) is 15.9. The number of pyridine rings is 1. The molecule has 1 aromatic heterocycles. The maximum absolute atomic E-state index is 11.9. The molecule has 122 valence electrons. The molecule has 0 amide bonds. The Hall–Kier alpha value is -2.14. The van der Waals surface area contributed by atoms with Crippen LogP contribution in [-0.2, 0) is 16.0 Å². The number of benzene rings is 1. The third kappa shape index (κ3) is 3.15. The SMILES string of the molecule is COC(=O)Cc1c(C)nc2ccccc2c1N1CCN(C)CC1. The Morgan fingerprint density at radius 2 is 1.91 bits per heavy atom. The van der Waals surface area contributed by atoms with Crippen LogP contribution in [0.2, 0.25) is 0 Å². The van der Waals surface area contributed by atoms with Crippen LogP contribution in [0.15, 0.2) is 24.3 Å². The van der Waals surface area contributed by atoms with Gasteiger partial charge in [0.25, 0.3) is 0 Å². The summed E-state index contributed by atoms with van der Waals surface area (Å²) in [6.45, 7) is 5.93. The minimum atomic E-state index is -0.222. The number of hydrogen-bond donors (Lipinski definition) is 0. The van der Waals surface area contributed by atoms with Crippen LogP contribution in [0.5, 0.6) is 0 Å². The number of likely N-dealkylation sites (N-methyl/N-ethyl adjacent to an activating group) is 1. The average Bonchev–Trinajstić information content (AvgIpc) is 2.56. The number of rotatable bonds is 3. The summed E-state index contributed by atoms with van der Waals surface area (Å²) in [5, 5.41) is 1.11. The summed E-state index contributed by atoms with van der Waals surface area (Å²) >= 11 is 0. The third-order valence-corrected chi connectivity index (χ3v) is 4.54. The van der Waals surface area contributed by atoms with Crippen molar-refractivity contribution in [2.75, 3.05) is 45.2 Å². The number of hydrogen-bond acceptors (Lipinski definition) is 5. The second-order valence-electron chi connectivity index (χ2n) is 6.08. The molecule has 3 rings (SSSR count). The number of methoxy groups -OCH3 is 1. The Morgan fingerprint density at radius 3 is 2.61 bits per heavy atom. The topological polar surface area (TPSA) is 45.7 Å². The van der Waals surface area contributed by atoms with E-state index in [0.29, 0.717) is 0 Å². The summed E-state index contributed by atoms with van der Waals surface area (Å²) in [5.41, 5.74) is 4.02. The second kappa shape index (κ2) is 6.54. The zero-order chi connectivity index (χ0) is 16.4. The zero-order valence-corrected chi connectivity index (χ0v) is 14.0. The highest BCUT2D eigenvalue weighted by molar-refractivity contribution is 5.95. The molecule has 1 fully saturated rings. The van der Waals surface area contributed by atoms with Gasteiger partial charge in [0.15, 0.2) is 0 Å². The van der Waals surface area contributed by atoms with Crippen LogP contribution >= 0.6 is 0 Å². The number of aromatic nitrogens is 1. The van der Waals surface area contributed by atoms with E-state index in [1.165, 1.54) is 7.11 Å². The van der Waals surface area contributed by atoms with Gasteiger partial charge in [-0.15, -0.1) is 0 Å². The van der Waals surface area contributed by atoms with E-state index in [9.17, 15) is 4.79 Å². The van der Waals surface area contributed by atoms with Crippen molar-refractivity contribution in [1.82, 2.24) is 9.88 Å². The van der Waals surface area contributed by atoms with E-state index in [4.69, 9.17) is 4.74 Å². The fourth-order valence-electron chi connectivity index (χ4n) is 3.17. The number of piperazine rings is 1. The molecule has 0 unspecified atom stereocenters. The Kier molecular flexibility index (Phi) is 4.48. The Morgan fingerprint density at radius 1 is 1.22 bits per heavy atom. The molecule has 2 aromatic rings. The number of para-hydroxylation sites is 1. The van der Waals surface area contributed by atoms with Crippen LogP contribution < -0.4 is 4.90 Å². The number of fused-ring (bicyclic) bond motifs is 1. The lowest BCUT2D eigenvalue weighted by Crippen LogP contribution is -2.45. The van der Waals surface area contributed by atoms with E-state index in [2.05, 4.69) is 27.9 Å². The van der Waals surface area contributed by atoms with Gasteiger partial charge in [-0.1, -0.05) is 18.2 Å². The predicted octanol–water partition coefficient (Wildman–Crippen LogP) is 2.01. The second-order valence-corrected chi connectivity index (χ2v) is 6.08. The summed E-state index contributed by atoms with van der Waals surface area (Å²) in [6, 6.07) is 8.16. The lowest BCUT2D eigenvalue weighted by Gasteiger charge is -2.36. The van der Waals surface area contributed by atoms with Crippen LogP contribution in [0.4, 0.5) is 5.69 Å². The van der Waals surface area contributed by atoms with Crippen LogP contribution in [-0.4, -0.2) is 56.2 Å². The number of aryl methyl sites for hydroxylation is 1. The monoisotopic (exact) mass is 313 g/mol. The minimum Gasteiger partial charge on any atom is -0.469 e. The number of carbonyl (C=O) groups is 1. The van der Waals surface area contributed by atoms with E-state index in [0.717, 1.165) is 54.0 Å². The highest BCUT2D eigenvalue weighted by Crippen LogP contribution is 2.33. The van der Waals surface area contributed by atoms with E-state index in [-0.39, 0.29) is 12.4 Å². The van der Waals surface area contributed by atoms with Gasteiger partial charge in [-0.2, -0.15) is 0 Å². The Balaban J connectivity index is 2.13. The predicted molar refractivity (Wildman–Crippen MR) is 91.9 cm³/mol. The molecule has 0 aliphatic carbocycles. The van der Waals surface area contributed by atoms with Crippen LogP contribution in [0.25, 0.3) is 10.9 Å². The summed E-state index contributed by atoms with van der Waals surface area (Å²) < 4.78 is 4.89. The average molecular weight is 313 g/mol. The van der Waals surface area contributed by atoms with Crippen molar-refractivity contribution in [2.24, 2.45) is 0 Å². The van der Waals surface area contributed by atoms with Crippen molar-refractivity contribution in [1.29, 1.82) is 0 Å². The first-order valence-corrected chi connectivity index (χ1v) is 7.98. The van der Waals surface area contributed by atoms with Crippen LogP contribution in [0.1, 0.15) is 11.3 Å². The van der Waals surface area contributed by atoms with Crippen molar-refractivity contribution in [3.05, 3.63) is 35.5 Å². The molecule has 1 saturated heterocycles. The Bertz CT molecular complexity index is 722. The quantitative estimate of drug-likeness (QED) is 0.811. The zero-order valence-electron chi connectivity index (χ0n) is 14.0. The summed E-state index contributed by atoms with van der Waals surface area (Å²) in [6.07, 6.45) is 0.266. The fourth-order valence-corrected chi connectivity index (χ4v) is 3.17. The van der Waals surface area contributed by atoms with Crippen molar-refractivity contribution in [3.8, 4) is 0 Å². The molecule has 0 radical (unpaired) electrons. The third-order valence-electron chi connectivity index (χ3n) is 4.54. The number of anilines is 1. The van der Waals surface area contributed by atoms with Crippen LogP contribution in [0.3, 0.4) is 0 Å². The van der Waals surface area contributed by atoms with Gasteiger partial charge in [0, 0.05) is 42.8 Å². The van der Waals surface area contributed by atoms with E-state index in [1.54, 1.807) is 0 Å². The highest BCUT2D eigenvalue weighted by atomic mass is 16.5. The van der Waals surface area contributed by atoms with Gasteiger partial charge in [-0.05, 0) is 20.0 Å². The standard InChI is InChI=1S/C18H23N3O2/c1-13-15(12-17(22)23-3)18(21-10-8-20(2)9-11-21)14-6-4-5-7-16(14)19-13/h4-7H,8-12H2,1-3H3. The van der Waals surface area contributed by atoms with Crippen molar-refractivity contribution in [2.45, 2.75) is 13.3 Å². The maximum atomic E-state index is 11.9. The minimum absolute atomic E-state index is 0.222. The number of nitrogens with zero attached hydrogens (tertiary/aromatic N) is 3. The molecule has 5 nitrogen and oxygen atoms in total. The van der Waals surface area contributed by atoms with Gasteiger partial charge >= 0.3 is 5.97 Å². The first-order valence-electron chi connectivity index (χ1n) is 7.98. The molecule has 0 saturated carbocycles. The molecule has 5 heteroatoms. The van der Waals surface area contributed by atoms with Gasteiger partial charge in [-0.3, -0.25) is 9.78 Å². The molecular weight excluding hydrogens is 290 g/mol. The molecule has 0 bridgehead atoms. The maximum Gasteiger partial charge on any atom is 0.310 e. The van der Waals surface area contributed by atoms with Gasteiger partial charge in [0.1, 0.15) is 0 Å². The highest BCUT2D eigenvalue weighted by Gasteiger charge is 2.23. The summed E-state index contributed by atoms with van der Waals surface area (Å²) in [7, 11) is 3.57. The van der Waals surface area contributed by atoms with Gasteiger partial charge in [0.05, 0.1) is 24.7 Å². The Labute approximate surface area is 136 Å². The molecule has 2 heterocycles. The van der Waals surface area contributed by atoms with E-state index in [1.807, 2.05) is 25.1 Å². The van der Waals surface area contributed by atoms with Crippen LogP contribution in [0, 0.1) is 6.92 Å². The number of esters is 1. The molecule has 1 aliphatic rings. The molecule has 0 spiro atoms. The first-order chi connectivity index (χ1) is 11.1. The fraction of sp³-hybridized carbons (Fsp3) is 0.444. The first kappa shape index (κ1) is 15.7. The van der Waals surface area contributed by atoms with Gasteiger partial charge in [-0.25, -0.2) is 0 Å². The molecule has 23 heavy (non-hydrogen) atoms. The van der Waals surface area contributed by atoms with Crippen molar-refractivity contribution < 1.29 is 9.53 Å². The lowest BCUT2D eigenvalue weighted by atomic mass is 10.0. The van der Waals surface area contributed by atoms with Gasteiger partial charge in [0.2, 0.25) is 0 Å². The molecule has 1 aliphatic heterocycles. The van der Waals surface area contributed by atoms with Crippen molar-refractivity contribution >= 4 is 22.6 Å². The molecule has 1 aromatic carbocycles. The smallest absolute Gasteiger partial charge is 0.310 e. The van der Waals surface area contributed by atoms with Gasteiger partial charge < -0.3 is 14.5 Å². The molecule has 0 atom stereocenters. The van der Waals surface area contributed by atoms with Crippen molar-refractivity contribution in [3.63, 3.8) is 0 Å². The summed E-state index contributed by atoms with van der Waals surface area (Å²) in [5.74, 6) is -0.222. The summed E-state index contributed by atoms with van der Waals surface area (Å²) in [4.78, 5) is 21.3. The molecule has 0 N–H and O–H groups in total. The molecular formula is C18H23N3O2. The number of carbonyl (C=O) groups excluding carboxylic acids is 1. The van der Waals surface area contributed by atoms with E-state index < -0.39 is 0 Å². The largest absolute Gasteiger partial charge is 0.469 e. The number of ether oxygens (including phenoxy) is 1.